The van der Waals surface area contributed by atoms with Crippen LogP contribution in [-0.2, 0) is 17.9 Å². The summed E-state index contributed by atoms with van der Waals surface area (Å²) in [6.07, 6.45) is 3.84. The van der Waals surface area contributed by atoms with Crippen molar-refractivity contribution in [2.45, 2.75) is 59.2 Å². The Kier molecular flexibility index (Phi) is 5.79. The maximum atomic E-state index is 12.1. The van der Waals surface area contributed by atoms with Crippen molar-refractivity contribution in [2.75, 3.05) is 6.54 Å². The molecule has 2 rings (SSSR count). The van der Waals surface area contributed by atoms with E-state index in [-0.39, 0.29) is 5.91 Å². The Labute approximate surface area is 139 Å². The van der Waals surface area contributed by atoms with E-state index >= 15 is 0 Å². The van der Waals surface area contributed by atoms with Crippen molar-refractivity contribution in [3.63, 3.8) is 0 Å². The Morgan fingerprint density at radius 1 is 1.35 bits per heavy atom. The van der Waals surface area contributed by atoms with Crippen molar-refractivity contribution in [3.8, 4) is 6.07 Å². The van der Waals surface area contributed by atoms with E-state index in [1.165, 1.54) is 24.8 Å². The molecule has 0 aromatic heterocycles. The minimum atomic E-state index is -0.990. The quantitative estimate of drug-likeness (QED) is 0.908. The normalized spacial score (nSPS) is 19.1. The van der Waals surface area contributed by atoms with E-state index in [4.69, 9.17) is 5.26 Å². The van der Waals surface area contributed by atoms with Gasteiger partial charge in [-0.25, -0.2) is 0 Å². The maximum Gasteiger partial charge on any atom is 0.240 e. The molecule has 1 N–H and O–H groups in total. The molecule has 1 amide bonds. The maximum absolute atomic E-state index is 12.1. The number of piperidine rings is 1. The van der Waals surface area contributed by atoms with Crippen LogP contribution < -0.4 is 5.32 Å². The standard InChI is InChI=1S/C19H27N3O/c1-15-8-6-7-11-22(15)13-17-10-5-4-9-16(17)12-21-18(23)19(2,3)14-20/h4-5,9-10,15H,6-8,11-13H2,1-3H3,(H,21,23). The van der Waals surface area contributed by atoms with Crippen LogP contribution in [0.1, 0.15) is 51.2 Å². The topological polar surface area (TPSA) is 56.1 Å². The molecule has 1 aliphatic rings. The van der Waals surface area contributed by atoms with E-state index in [1.807, 2.05) is 12.1 Å². The van der Waals surface area contributed by atoms with Crippen molar-refractivity contribution < 1.29 is 4.79 Å². The molecule has 1 heterocycles. The predicted octanol–water partition coefficient (Wildman–Crippen LogP) is 3.23. The highest BCUT2D eigenvalue weighted by Gasteiger charge is 2.27. The summed E-state index contributed by atoms with van der Waals surface area (Å²) in [7, 11) is 0. The van der Waals surface area contributed by atoms with Gasteiger partial charge in [0.15, 0.2) is 0 Å². The zero-order valence-corrected chi connectivity index (χ0v) is 14.4. The lowest BCUT2D eigenvalue weighted by Crippen LogP contribution is -2.38. The average molecular weight is 313 g/mol. The summed E-state index contributed by atoms with van der Waals surface area (Å²) in [6, 6.07) is 10.9. The third-order valence-electron chi connectivity index (χ3n) is 4.72. The molecule has 1 aliphatic heterocycles. The number of rotatable bonds is 5. The second kappa shape index (κ2) is 7.61. The first-order chi connectivity index (χ1) is 10.9. The highest BCUT2D eigenvalue weighted by Crippen LogP contribution is 2.21. The van der Waals surface area contributed by atoms with Crippen LogP contribution in [0.3, 0.4) is 0 Å². The van der Waals surface area contributed by atoms with Gasteiger partial charge in [-0.2, -0.15) is 5.26 Å². The van der Waals surface area contributed by atoms with Gasteiger partial charge in [0.1, 0.15) is 5.41 Å². The number of benzene rings is 1. The van der Waals surface area contributed by atoms with Crippen molar-refractivity contribution >= 4 is 5.91 Å². The van der Waals surface area contributed by atoms with Gasteiger partial charge in [-0.1, -0.05) is 30.7 Å². The molecule has 0 spiro atoms. The number of nitrogens with one attached hydrogen (secondary N) is 1. The first kappa shape index (κ1) is 17.5. The number of nitrogens with zero attached hydrogens (tertiary/aromatic N) is 2. The molecule has 1 fully saturated rings. The van der Waals surface area contributed by atoms with Crippen molar-refractivity contribution in [1.29, 1.82) is 5.26 Å². The number of hydrogen-bond donors (Lipinski definition) is 1. The summed E-state index contributed by atoms with van der Waals surface area (Å²) in [5.41, 5.74) is 1.40. The van der Waals surface area contributed by atoms with Crippen LogP contribution in [0.4, 0.5) is 0 Å². The zero-order chi connectivity index (χ0) is 16.9. The lowest BCUT2D eigenvalue weighted by Gasteiger charge is -2.33. The molecule has 0 aliphatic carbocycles. The zero-order valence-electron chi connectivity index (χ0n) is 14.4. The van der Waals surface area contributed by atoms with E-state index in [1.54, 1.807) is 13.8 Å². The fraction of sp³-hybridized carbons (Fsp3) is 0.579. The number of carbonyl (C=O) groups excluding carboxylic acids is 1. The van der Waals surface area contributed by atoms with Crippen molar-refractivity contribution in [1.82, 2.24) is 10.2 Å². The number of amides is 1. The fourth-order valence-corrected chi connectivity index (χ4v) is 2.94. The van der Waals surface area contributed by atoms with Crippen LogP contribution in [0.5, 0.6) is 0 Å². The molecule has 4 heteroatoms. The first-order valence-electron chi connectivity index (χ1n) is 8.44. The summed E-state index contributed by atoms with van der Waals surface area (Å²) in [4.78, 5) is 14.6. The first-order valence-corrected chi connectivity index (χ1v) is 8.44. The van der Waals surface area contributed by atoms with E-state index in [2.05, 4.69) is 35.3 Å². The number of hydrogen-bond acceptors (Lipinski definition) is 3. The SMILES string of the molecule is CC1CCCCN1Cc1ccccc1CNC(=O)C(C)(C)C#N. The lowest BCUT2D eigenvalue weighted by atomic mass is 9.94. The Hall–Kier alpha value is -1.86. The van der Waals surface area contributed by atoms with Gasteiger partial charge in [-0.3, -0.25) is 9.69 Å². The van der Waals surface area contributed by atoms with Gasteiger partial charge in [0, 0.05) is 19.1 Å². The van der Waals surface area contributed by atoms with Crippen LogP contribution in [0, 0.1) is 16.7 Å². The largest absolute Gasteiger partial charge is 0.351 e. The summed E-state index contributed by atoms with van der Waals surface area (Å²) in [6.45, 7) is 8.12. The Morgan fingerprint density at radius 2 is 2.04 bits per heavy atom. The number of nitriles is 1. The molecule has 4 nitrogen and oxygen atoms in total. The third kappa shape index (κ3) is 4.56. The number of likely N-dealkylation sites (tertiary alicyclic amines) is 1. The van der Waals surface area contributed by atoms with Gasteiger partial charge in [0.25, 0.3) is 0 Å². The van der Waals surface area contributed by atoms with Gasteiger partial charge < -0.3 is 5.32 Å². The van der Waals surface area contributed by atoms with Gasteiger partial charge in [0.2, 0.25) is 5.91 Å². The summed E-state index contributed by atoms with van der Waals surface area (Å²) in [5.74, 6) is -0.221. The van der Waals surface area contributed by atoms with Gasteiger partial charge in [-0.15, -0.1) is 0 Å². The van der Waals surface area contributed by atoms with E-state index in [9.17, 15) is 4.79 Å². The van der Waals surface area contributed by atoms with Crippen LogP contribution in [0.2, 0.25) is 0 Å². The monoisotopic (exact) mass is 313 g/mol. The smallest absolute Gasteiger partial charge is 0.240 e. The molecule has 1 unspecified atom stereocenters. The molecule has 1 saturated heterocycles. The summed E-state index contributed by atoms with van der Waals surface area (Å²) < 4.78 is 0. The number of carbonyl (C=O) groups is 1. The van der Waals surface area contributed by atoms with Crippen LogP contribution in [-0.4, -0.2) is 23.4 Å². The van der Waals surface area contributed by atoms with Crippen LogP contribution in [0.15, 0.2) is 24.3 Å². The summed E-state index contributed by atoms with van der Waals surface area (Å²) in [5, 5.41) is 11.9. The molecule has 124 valence electrons. The minimum absolute atomic E-state index is 0.221. The highest BCUT2D eigenvalue weighted by atomic mass is 16.2. The van der Waals surface area contributed by atoms with Crippen molar-refractivity contribution in [2.24, 2.45) is 5.41 Å². The molecule has 23 heavy (non-hydrogen) atoms. The van der Waals surface area contributed by atoms with E-state index < -0.39 is 5.41 Å². The Morgan fingerprint density at radius 3 is 2.70 bits per heavy atom. The average Bonchev–Trinajstić information content (AvgIpc) is 2.55. The van der Waals surface area contributed by atoms with Gasteiger partial charge >= 0.3 is 0 Å². The summed E-state index contributed by atoms with van der Waals surface area (Å²) >= 11 is 0. The second-order valence-electron chi connectivity index (χ2n) is 7.00. The Balaban J connectivity index is 2.03. The fourth-order valence-electron chi connectivity index (χ4n) is 2.94. The molecule has 0 saturated carbocycles. The highest BCUT2D eigenvalue weighted by molar-refractivity contribution is 5.84. The molecular formula is C19H27N3O. The molecule has 1 aromatic carbocycles. The van der Waals surface area contributed by atoms with Gasteiger partial charge in [-0.05, 0) is 51.3 Å². The molecule has 1 aromatic rings. The van der Waals surface area contributed by atoms with E-state index in [0.717, 1.165) is 18.7 Å². The van der Waals surface area contributed by atoms with Crippen LogP contribution in [0.25, 0.3) is 0 Å². The molecular weight excluding hydrogens is 286 g/mol. The third-order valence-corrected chi connectivity index (χ3v) is 4.72. The second-order valence-corrected chi connectivity index (χ2v) is 7.00. The van der Waals surface area contributed by atoms with E-state index in [0.29, 0.717) is 12.6 Å². The van der Waals surface area contributed by atoms with Crippen LogP contribution >= 0.6 is 0 Å². The minimum Gasteiger partial charge on any atom is -0.351 e. The molecule has 1 atom stereocenters. The molecule has 0 bridgehead atoms. The molecule has 0 radical (unpaired) electrons. The predicted molar refractivity (Wildman–Crippen MR) is 91.4 cm³/mol. The van der Waals surface area contributed by atoms with Gasteiger partial charge in [0.05, 0.1) is 6.07 Å². The Bertz CT molecular complexity index is 589. The lowest BCUT2D eigenvalue weighted by molar-refractivity contribution is -0.126. The van der Waals surface area contributed by atoms with Crippen molar-refractivity contribution in [3.05, 3.63) is 35.4 Å².